The SMILES string of the molecule is COc1ccc(CN=C(NCCc2ccco2)NC2CCCC2)cc1.I. The van der Waals surface area contributed by atoms with Crippen molar-refractivity contribution >= 4 is 29.9 Å². The lowest BCUT2D eigenvalue weighted by Crippen LogP contribution is -2.43. The summed E-state index contributed by atoms with van der Waals surface area (Å²) in [5, 5.41) is 7.00. The van der Waals surface area contributed by atoms with Crippen LogP contribution in [0, 0.1) is 0 Å². The van der Waals surface area contributed by atoms with Gasteiger partial charge in [0.15, 0.2) is 5.96 Å². The van der Waals surface area contributed by atoms with Crippen molar-refractivity contribution in [3.8, 4) is 5.75 Å². The fraction of sp³-hybridized carbons (Fsp3) is 0.450. The largest absolute Gasteiger partial charge is 0.497 e. The number of nitrogens with one attached hydrogen (secondary N) is 2. The Hall–Kier alpha value is -1.70. The van der Waals surface area contributed by atoms with E-state index in [9.17, 15) is 0 Å². The molecule has 1 aromatic carbocycles. The van der Waals surface area contributed by atoms with E-state index in [1.54, 1.807) is 13.4 Å². The molecule has 1 fully saturated rings. The number of halogens is 1. The Labute approximate surface area is 172 Å². The Bertz CT molecular complexity index is 650. The smallest absolute Gasteiger partial charge is 0.191 e. The standard InChI is InChI=1S/C20H27N3O2.HI/c1-24-18-10-8-16(9-11-18)15-22-20(23-17-5-2-3-6-17)21-13-12-19-7-4-14-25-19;/h4,7-11,14,17H,2-3,5-6,12-13,15H2,1H3,(H2,21,22,23);1H. The number of furan rings is 1. The van der Waals surface area contributed by atoms with E-state index in [0.717, 1.165) is 30.4 Å². The molecule has 0 bridgehead atoms. The molecule has 1 aliphatic rings. The summed E-state index contributed by atoms with van der Waals surface area (Å²) in [7, 11) is 1.68. The van der Waals surface area contributed by atoms with Crippen LogP contribution in [0.1, 0.15) is 37.0 Å². The van der Waals surface area contributed by atoms with Crippen LogP contribution in [0.4, 0.5) is 0 Å². The molecule has 0 aliphatic heterocycles. The van der Waals surface area contributed by atoms with Crippen LogP contribution in [0.2, 0.25) is 0 Å². The molecule has 5 nitrogen and oxygen atoms in total. The highest BCUT2D eigenvalue weighted by atomic mass is 127. The van der Waals surface area contributed by atoms with Gasteiger partial charge >= 0.3 is 0 Å². The van der Waals surface area contributed by atoms with E-state index in [2.05, 4.69) is 22.8 Å². The Morgan fingerprint density at radius 3 is 2.62 bits per heavy atom. The van der Waals surface area contributed by atoms with Crippen LogP contribution in [0.5, 0.6) is 5.75 Å². The maximum atomic E-state index is 5.39. The summed E-state index contributed by atoms with van der Waals surface area (Å²) in [6, 6.07) is 12.5. The van der Waals surface area contributed by atoms with Crippen LogP contribution in [-0.4, -0.2) is 25.7 Å². The molecule has 1 aliphatic carbocycles. The Balaban J connectivity index is 0.00000243. The van der Waals surface area contributed by atoms with Crippen LogP contribution in [0.15, 0.2) is 52.1 Å². The first kappa shape index (κ1) is 20.6. The van der Waals surface area contributed by atoms with Crippen LogP contribution >= 0.6 is 24.0 Å². The van der Waals surface area contributed by atoms with Gasteiger partial charge < -0.3 is 19.8 Å². The van der Waals surface area contributed by atoms with Gasteiger partial charge in [-0.15, -0.1) is 24.0 Å². The monoisotopic (exact) mass is 469 g/mol. The van der Waals surface area contributed by atoms with Gasteiger partial charge in [-0.05, 0) is 42.7 Å². The Morgan fingerprint density at radius 1 is 1.19 bits per heavy atom. The number of aliphatic imine (C=N–C) groups is 1. The van der Waals surface area contributed by atoms with E-state index in [0.29, 0.717) is 12.6 Å². The molecule has 1 aromatic heterocycles. The van der Waals surface area contributed by atoms with Crippen LogP contribution < -0.4 is 15.4 Å². The lowest BCUT2D eigenvalue weighted by atomic mass is 10.2. The van der Waals surface area contributed by atoms with Gasteiger partial charge in [-0.2, -0.15) is 0 Å². The number of hydrogen-bond acceptors (Lipinski definition) is 3. The molecule has 0 radical (unpaired) electrons. The number of rotatable bonds is 7. The van der Waals surface area contributed by atoms with Crippen molar-refractivity contribution < 1.29 is 9.15 Å². The fourth-order valence-electron chi connectivity index (χ4n) is 3.08. The van der Waals surface area contributed by atoms with Gasteiger partial charge in [0.1, 0.15) is 11.5 Å². The molecule has 0 atom stereocenters. The molecule has 1 saturated carbocycles. The molecule has 0 saturated heterocycles. The third-order valence-electron chi connectivity index (χ3n) is 4.52. The minimum Gasteiger partial charge on any atom is -0.497 e. The third kappa shape index (κ3) is 6.55. The van der Waals surface area contributed by atoms with Crippen LogP contribution in [0.25, 0.3) is 0 Å². The van der Waals surface area contributed by atoms with E-state index in [4.69, 9.17) is 14.1 Å². The molecule has 3 rings (SSSR count). The molecule has 6 heteroatoms. The van der Waals surface area contributed by atoms with Crippen molar-refractivity contribution in [1.29, 1.82) is 0 Å². The average molecular weight is 469 g/mol. The van der Waals surface area contributed by atoms with Crippen molar-refractivity contribution in [2.24, 2.45) is 4.99 Å². The van der Waals surface area contributed by atoms with Gasteiger partial charge in [0.2, 0.25) is 0 Å². The van der Waals surface area contributed by atoms with Crippen molar-refractivity contribution in [2.75, 3.05) is 13.7 Å². The van der Waals surface area contributed by atoms with Gasteiger partial charge in [0.25, 0.3) is 0 Å². The number of benzene rings is 1. The van der Waals surface area contributed by atoms with E-state index in [-0.39, 0.29) is 24.0 Å². The average Bonchev–Trinajstić information content (AvgIpc) is 3.34. The van der Waals surface area contributed by atoms with Gasteiger partial charge in [-0.3, -0.25) is 0 Å². The van der Waals surface area contributed by atoms with E-state index in [1.165, 1.54) is 31.2 Å². The van der Waals surface area contributed by atoms with Gasteiger partial charge in [0.05, 0.1) is 19.9 Å². The first-order valence-corrected chi connectivity index (χ1v) is 9.03. The van der Waals surface area contributed by atoms with E-state index < -0.39 is 0 Å². The highest BCUT2D eigenvalue weighted by Crippen LogP contribution is 2.17. The first-order chi connectivity index (χ1) is 12.3. The molecule has 26 heavy (non-hydrogen) atoms. The molecule has 2 N–H and O–H groups in total. The molecular weight excluding hydrogens is 441 g/mol. The van der Waals surface area contributed by atoms with E-state index in [1.807, 2.05) is 24.3 Å². The van der Waals surface area contributed by atoms with Crippen molar-refractivity contribution in [3.63, 3.8) is 0 Å². The normalized spacial score (nSPS) is 14.7. The molecule has 142 valence electrons. The van der Waals surface area contributed by atoms with Gasteiger partial charge in [-0.25, -0.2) is 4.99 Å². The second-order valence-electron chi connectivity index (χ2n) is 6.39. The van der Waals surface area contributed by atoms with Crippen LogP contribution in [0.3, 0.4) is 0 Å². The summed E-state index contributed by atoms with van der Waals surface area (Å²) in [4.78, 5) is 4.75. The van der Waals surface area contributed by atoms with Crippen molar-refractivity contribution in [3.05, 3.63) is 54.0 Å². The van der Waals surface area contributed by atoms with Crippen LogP contribution in [-0.2, 0) is 13.0 Å². The summed E-state index contributed by atoms with van der Waals surface area (Å²) in [5.74, 6) is 2.74. The number of hydrogen-bond donors (Lipinski definition) is 2. The maximum absolute atomic E-state index is 5.39. The minimum absolute atomic E-state index is 0. The number of nitrogens with zero attached hydrogens (tertiary/aromatic N) is 1. The number of ether oxygens (including phenoxy) is 1. The van der Waals surface area contributed by atoms with Crippen molar-refractivity contribution in [2.45, 2.75) is 44.7 Å². The zero-order valence-corrected chi connectivity index (χ0v) is 17.6. The number of guanidine groups is 1. The quantitative estimate of drug-likeness (QED) is 0.364. The topological polar surface area (TPSA) is 58.8 Å². The molecule has 0 spiro atoms. The fourth-order valence-corrected chi connectivity index (χ4v) is 3.08. The predicted octanol–water partition coefficient (Wildman–Crippen LogP) is 4.13. The lowest BCUT2D eigenvalue weighted by molar-refractivity contribution is 0.414. The first-order valence-electron chi connectivity index (χ1n) is 9.03. The predicted molar refractivity (Wildman–Crippen MR) is 115 cm³/mol. The summed E-state index contributed by atoms with van der Waals surface area (Å²) >= 11 is 0. The minimum atomic E-state index is 0. The summed E-state index contributed by atoms with van der Waals surface area (Å²) in [6.07, 6.45) is 7.61. The molecule has 2 aromatic rings. The zero-order valence-electron chi connectivity index (χ0n) is 15.2. The Kier molecular flexibility index (Phi) is 8.80. The second kappa shape index (κ2) is 11.1. The molecule has 0 unspecified atom stereocenters. The summed E-state index contributed by atoms with van der Waals surface area (Å²) in [5.41, 5.74) is 1.17. The molecular formula is C20H28IN3O2. The Morgan fingerprint density at radius 2 is 1.96 bits per heavy atom. The summed E-state index contributed by atoms with van der Waals surface area (Å²) in [6.45, 7) is 1.45. The molecule has 1 heterocycles. The zero-order chi connectivity index (χ0) is 17.3. The second-order valence-corrected chi connectivity index (χ2v) is 6.39. The summed E-state index contributed by atoms with van der Waals surface area (Å²) < 4.78 is 10.6. The lowest BCUT2D eigenvalue weighted by Gasteiger charge is -2.17. The van der Waals surface area contributed by atoms with E-state index >= 15 is 0 Å². The molecule has 0 amide bonds. The maximum Gasteiger partial charge on any atom is 0.191 e. The van der Waals surface area contributed by atoms with Gasteiger partial charge in [0, 0.05) is 19.0 Å². The van der Waals surface area contributed by atoms with Crippen molar-refractivity contribution in [1.82, 2.24) is 10.6 Å². The highest BCUT2D eigenvalue weighted by molar-refractivity contribution is 14.0. The third-order valence-corrected chi connectivity index (χ3v) is 4.52. The van der Waals surface area contributed by atoms with Gasteiger partial charge in [-0.1, -0.05) is 25.0 Å². The number of methoxy groups -OCH3 is 1. The highest BCUT2D eigenvalue weighted by Gasteiger charge is 2.16.